The van der Waals surface area contributed by atoms with Crippen LogP contribution in [0.15, 0.2) is 133 Å². The van der Waals surface area contributed by atoms with Crippen molar-refractivity contribution in [1.82, 2.24) is 9.55 Å². The van der Waals surface area contributed by atoms with Gasteiger partial charge in [0.05, 0.1) is 6.85 Å². The molecule has 4 atom stereocenters. The summed E-state index contributed by atoms with van der Waals surface area (Å²) in [4.78, 5) is 8.71. The topological polar surface area (TPSA) is 33.5 Å². The normalized spacial score (nSPS) is 22.3. The maximum Gasteiger partial charge on any atom is 0.135 e. The van der Waals surface area contributed by atoms with Crippen molar-refractivity contribution < 1.29 is 32.7 Å². The molecule has 7 aromatic rings. The van der Waals surface area contributed by atoms with Gasteiger partial charge in [-0.2, -0.15) is 24.9 Å². The largest absolute Gasteiger partial charge is 0.519 e. The first-order valence-electron chi connectivity index (χ1n) is 18.0. The molecule has 0 N–H and O–H groups in total. The Morgan fingerprint density at radius 3 is 2.28 bits per heavy atom. The van der Waals surface area contributed by atoms with E-state index in [4.69, 9.17) is 11.6 Å². The standard InChI is InChI=1S/C41H29N4O.Pt/c1-2-11-27(12-3-1)43-26-44(41-36-25-35(40(41)43)31-15-4-5-16-32(31)36)28-13-10-14-29(23-28)46-30-20-21-34-33-17-6-7-18-37(33)45(38(34)24-30)39-19-8-9-22-42-39;/h1-22,26,35-36,40-41H,25H2;/q-3;/t35-,36+,40?,41?;/m0./s1/i1D,2D,3D,11D,12D;. The molecule has 2 aliphatic carbocycles. The molecule has 10 rings (SSSR count). The molecule has 5 aromatic carbocycles. The summed E-state index contributed by atoms with van der Waals surface area (Å²) in [6, 6.07) is 37.7. The number of fused-ring (bicyclic) bond motifs is 11. The van der Waals surface area contributed by atoms with Gasteiger partial charge in [-0.15, -0.1) is 35.3 Å². The Morgan fingerprint density at radius 2 is 1.47 bits per heavy atom. The summed E-state index contributed by atoms with van der Waals surface area (Å²) in [5.41, 5.74) is 5.43. The fourth-order valence-electron chi connectivity index (χ4n) is 8.07. The van der Waals surface area contributed by atoms with Crippen LogP contribution in [0, 0.1) is 18.8 Å². The molecular formula is C41H29N4OPt-3. The number of para-hydroxylation sites is 2. The SMILES string of the molecule is [2H]c1c([2H])c([2H])c(N2[CH-]N(c3[c-]c(Oc4[c-]c5c(cc4)c4ccccc4n5-c4ccccn4)ccc3)C3C2[C@H]2C[C@@H]3c3ccccc32)c([2H])c1[2H].[Pt]. The van der Waals surface area contributed by atoms with Gasteiger partial charge in [-0.25, -0.2) is 4.98 Å². The van der Waals surface area contributed by atoms with Gasteiger partial charge in [0.1, 0.15) is 5.82 Å². The first kappa shape index (κ1) is 23.5. The molecule has 0 radical (unpaired) electrons. The van der Waals surface area contributed by atoms with E-state index >= 15 is 0 Å². The number of rotatable bonds is 5. The Kier molecular flexibility index (Phi) is 5.56. The number of anilines is 2. The summed E-state index contributed by atoms with van der Waals surface area (Å²) < 4.78 is 51.2. The van der Waals surface area contributed by atoms with E-state index in [0.29, 0.717) is 11.5 Å². The summed E-state index contributed by atoms with van der Waals surface area (Å²) >= 11 is 0. The Labute approximate surface area is 295 Å². The molecule has 0 spiro atoms. The molecule has 3 heterocycles. The van der Waals surface area contributed by atoms with Crippen molar-refractivity contribution in [2.24, 2.45) is 0 Å². The number of hydrogen-bond acceptors (Lipinski definition) is 4. The first-order chi connectivity index (χ1) is 24.9. The van der Waals surface area contributed by atoms with Gasteiger partial charge in [-0.05, 0) is 53.2 Å². The number of aromatic nitrogens is 2. The van der Waals surface area contributed by atoms with Crippen LogP contribution in [0.4, 0.5) is 11.4 Å². The molecule has 232 valence electrons. The summed E-state index contributed by atoms with van der Waals surface area (Å²) in [7, 11) is 0. The van der Waals surface area contributed by atoms with E-state index in [0.717, 1.165) is 39.7 Å². The number of nitrogens with zero attached hydrogens (tertiary/aromatic N) is 4. The van der Waals surface area contributed by atoms with Crippen molar-refractivity contribution in [1.29, 1.82) is 0 Å². The molecule has 3 aliphatic rings. The smallest absolute Gasteiger partial charge is 0.135 e. The Balaban J connectivity index is 0.00000360. The van der Waals surface area contributed by atoms with E-state index in [-0.39, 0.29) is 74.8 Å². The molecule has 2 unspecified atom stereocenters. The molecule has 6 heteroatoms. The third-order valence-electron chi connectivity index (χ3n) is 9.80. The summed E-state index contributed by atoms with van der Waals surface area (Å²) in [5, 5.41) is 2.15. The Hall–Kier alpha value is -4.86. The van der Waals surface area contributed by atoms with Gasteiger partial charge in [-0.1, -0.05) is 72.2 Å². The summed E-state index contributed by atoms with van der Waals surface area (Å²) in [6.45, 7) is 1.91. The Morgan fingerprint density at radius 1 is 0.723 bits per heavy atom. The average Bonchev–Trinajstić information content (AvgIpc) is 3.92. The van der Waals surface area contributed by atoms with Crippen LogP contribution in [-0.2, 0) is 21.1 Å². The summed E-state index contributed by atoms with van der Waals surface area (Å²) in [6.07, 6.45) is 2.70. The van der Waals surface area contributed by atoms with Crippen molar-refractivity contribution in [3.05, 3.63) is 163 Å². The average molecular weight is 794 g/mol. The van der Waals surface area contributed by atoms with Crippen LogP contribution in [0.25, 0.3) is 27.6 Å². The maximum absolute atomic E-state index is 8.83. The number of pyridine rings is 1. The third kappa shape index (κ3) is 4.37. The first-order valence-corrected chi connectivity index (χ1v) is 15.5. The van der Waals surface area contributed by atoms with Gasteiger partial charge >= 0.3 is 0 Å². The van der Waals surface area contributed by atoms with Crippen molar-refractivity contribution in [3.63, 3.8) is 0 Å². The van der Waals surface area contributed by atoms with E-state index < -0.39 is 6.04 Å². The van der Waals surface area contributed by atoms with E-state index in [1.807, 2.05) is 66.2 Å². The second-order valence-corrected chi connectivity index (χ2v) is 12.1. The van der Waals surface area contributed by atoms with Crippen molar-refractivity contribution in [3.8, 4) is 17.3 Å². The van der Waals surface area contributed by atoms with Gasteiger partial charge in [0.15, 0.2) is 0 Å². The molecule has 1 saturated heterocycles. The van der Waals surface area contributed by atoms with Crippen LogP contribution < -0.4 is 14.5 Å². The quantitative estimate of drug-likeness (QED) is 0.163. The Bertz CT molecular complexity index is 2520. The van der Waals surface area contributed by atoms with Crippen LogP contribution in [-0.4, -0.2) is 21.6 Å². The molecule has 5 nitrogen and oxygen atoms in total. The van der Waals surface area contributed by atoms with E-state index in [1.165, 1.54) is 11.1 Å². The van der Waals surface area contributed by atoms with Crippen LogP contribution in [0.2, 0.25) is 0 Å². The van der Waals surface area contributed by atoms with E-state index in [2.05, 4.69) is 69.0 Å². The minimum atomic E-state index is -0.395. The van der Waals surface area contributed by atoms with E-state index in [9.17, 15) is 0 Å². The fraction of sp³-hybridized carbons (Fsp3) is 0.122. The predicted octanol–water partition coefficient (Wildman–Crippen LogP) is 9.04. The molecule has 2 fully saturated rings. The predicted molar refractivity (Wildman–Crippen MR) is 183 cm³/mol. The van der Waals surface area contributed by atoms with Crippen LogP contribution >= 0.6 is 0 Å². The number of hydrogen-bond donors (Lipinski definition) is 0. The van der Waals surface area contributed by atoms with Gasteiger partial charge in [-0.3, -0.25) is 0 Å². The molecule has 0 amide bonds. The second-order valence-electron chi connectivity index (χ2n) is 12.1. The second kappa shape index (κ2) is 11.1. The zero-order chi connectivity index (χ0) is 34.5. The van der Waals surface area contributed by atoms with Crippen molar-refractivity contribution in [2.75, 3.05) is 9.80 Å². The molecule has 1 saturated carbocycles. The molecular weight excluding hydrogens is 760 g/mol. The van der Waals surface area contributed by atoms with Gasteiger partial charge in [0.2, 0.25) is 0 Å². The molecule has 1 aliphatic heterocycles. The molecule has 47 heavy (non-hydrogen) atoms. The van der Waals surface area contributed by atoms with Crippen LogP contribution in [0.3, 0.4) is 0 Å². The van der Waals surface area contributed by atoms with Crippen molar-refractivity contribution in [2.45, 2.75) is 30.3 Å². The van der Waals surface area contributed by atoms with E-state index in [1.54, 1.807) is 6.20 Å². The maximum atomic E-state index is 8.83. The van der Waals surface area contributed by atoms with Gasteiger partial charge in [0.25, 0.3) is 0 Å². The minimum absolute atomic E-state index is 0. The monoisotopic (exact) mass is 793 g/mol. The number of ether oxygens (including phenoxy) is 1. The minimum Gasteiger partial charge on any atom is -0.519 e. The van der Waals surface area contributed by atoms with Crippen LogP contribution in [0.1, 0.15) is 36.2 Å². The third-order valence-corrected chi connectivity index (χ3v) is 9.80. The van der Waals surface area contributed by atoms with Crippen molar-refractivity contribution >= 4 is 33.2 Å². The van der Waals surface area contributed by atoms with Crippen LogP contribution in [0.5, 0.6) is 11.5 Å². The molecule has 2 aromatic heterocycles. The van der Waals surface area contributed by atoms with Gasteiger partial charge < -0.3 is 19.1 Å². The fourth-order valence-corrected chi connectivity index (χ4v) is 8.07. The number of benzene rings is 5. The zero-order valence-corrected chi connectivity index (χ0v) is 27.2. The zero-order valence-electron chi connectivity index (χ0n) is 29.9. The van der Waals surface area contributed by atoms with Gasteiger partial charge in [0, 0.05) is 73.9 Å². The summed E-state index contributed by atoms with van der Waals surface area (Å²) in [5.74, 6) is 2.18. The molecule has 2 bridgehead atoms.